The number of hydrogen-bond acceptors (Lipinski definition) is 6. The van der Waals surface area contributed by atoms with E-state index in [1.54, 1.807) is 6.20 Å². The highest BCUT2D eigenvalue weighted by molar-refractivity contribution is 7.19. The Morgan fingerprint density at radius 2 is 2.03 bits per heavy atom. The molecule has 0 N–H and O–H groups in total. The molecule has 2 aliphatic rings. The lowest BCUT2D eigenvalue weighted by Crippen LogP contribution is -2.33. The zero-order chi connectivity index (χ0) is 19.9. The van der Waals surface area contributed by atoms with Crippen LogP contribution in [0.5, 0.6) is 0 Å². The maximum atomic E-state index is 5.17. The second kappa shape index (κ2) is 7.47. The number of pyridine rings is 1. The Bertz CT molecular complexity index is 1170. The van der Waals surface area contributed by atoms with Gasteiger partial charge in [0.2, 0.25) is 0 Å². The molecule has 0 aromatic carbocycles. The summed E-state index contributed by atoms with van der Waals surface area (Å²) >= 11 is 1.87. The molecule has 0 amide bonds. The number of nitrogens with zero attached hydrogens (tertiary/aromatic N) is 6. The number of rotatable bonds is 4. The van der Waals surface area contributed by atoms with Crippen LogP contribution in [0.2, 0.25) is 0 Å². The highest BCUT2D eigenvalue weighted by Gasteiger charge is 2.31. The molecule has 4 aromatic rings. The average molecular weight is 417 g/mol. The van der Waals surface area contributed by atoms with Crippen LogP contribution in [0.3, 0.4) is 0 Å². The van der Waals surface area contributed by atoms with E-state index in [1.165, 1.54) is 47.9 Å². The van der Waals surface area contributed by atoms with Gasteiger partial charge in [0.15, 0.2) is 5.82 Å². The summed E-state index contributed by atoms with van der Waals surface area (Å²) in [5.74, 6) is 1.92. The third kappa shape index (κ3) is 3.08. The standard InChI is InChI=1S/C23H24N6S/c1-2-8-19-18(7-1)20-22(29-11-4-6-17(29)14-28-12-10-25-15-28)26-21(27-23(20)30-19)16-5-3-9-24-13-16/h3,5,9-10,12-13,15,17H,1-2,4,6-8,11,14H2. The van der Waals surface area contributed by atoms with Gasteiger partial charge in [0, 0.05) is 54.4 Å². The Kier molecular flexibility index (Phi) is 4.48. The number of fused-ring (bicyclic) bond motifs is 3. The smallest absolute Gasteiger partial charge is 0.164 e. The molecular weight excluding hydrogens is 392 g/mol. The molecule has 0 radical (unpaired) electrons. The van der Waals surface area contributed by atoms with Crippen LogP contribution in [-0.4, -0.2) is 37.1 Å². The first kappa shape index (κ1) is 18.0. The minimum Gasteiger partial charge on any atom is -0.351 e. The van der Waals surface area contributed by atoms with Crippen LogP contribution >= 0.6 is 11.3 Å². The van der Waals surface area contributed by atoms with Gasteiger partial charge < -0.3 is 9.47 Å². The number of thiophene rings is 1. The molecule has 7 heteroatoms. The van der Waals surface area contributed by atoms with Crippen molar-refractivity contribution in [3.8, 4) is 11.4 Å². The first-order valence-electron chi connectivity index (χ1n) is 10.8. The Hall–Kier alpha value is -2.80. The molecular formula is C23H24N6S. The SMILES string of the molecule is c1cncc(-c2nc(N3CCCC3Cn3ccnc3)c3c4c(sc3n2)CCCC4)c1. The van der Waals surface area contributed by atoms with Gasteiger partial charge in [0.05, 0.1) is 11.7 Å². The zero-order valence-corrected chi connectivity index (χ0v) is 17.7. The largest absolute Gasteiger partial charge is 0.351 e. The summed E-state index contributed by atoms with van der Waals surface area (Å²) in [6.07, 6.45) is 16.7. The summed E-state index contributed by atoms with van der Waals surface area (Å²) in [4.78, 5) is 23.9. The highest BCUT2D eigenvalue weighted by atomic mass is 32.1. The number of aryl methyl sites for hydroxylation is 2. The normalized spacial score (nSPS) is 18.8. The van der Waals surface area contributed by atoms with Crippen LogP contribution in [0.4, 0.5) is 5.82 Å². The number of hydrogen-bond donors (Lipinski definition) is 0. The summed E-state index contributed by atoms with van der Waals surface area (Å²) in [5, 5.41) is 1.31. The minimum absolute atomic E-state index is 0.429. The average Bonchev–Trinajstić information content (AvgIpc) is 3.54. The molecule has 1 saturated heterocycles. The van der Waals surface area contributed by atoms with E-state index >= 15 is 0 Å². The molecule has 0 saturated carbocycles. The molecule has 0 spiro atoms. The molecule has 152 valence electrons. The van der Waals surface area contributed by atoms with Crippen molar-refractivity contribution in [2.24, 2.45) is 0 Å². The van der Waals surface area contributed by atoms with Gasteiger partial charge in [-0.3, -0.25) is 4.98 Å². The van der Waals surface area contributed by atoms with Crippen LogP contribution in [-0.2, 0) is 19.4 Å². The molecule has 4 aromatic heterocycles. The predicted octanol–water partition coefficient (Wildman–Crippen LogP) is 4.50. The van der Waals surface area contributed by atoms with Crippen LogP contribution in [0.25, 0.3) is 21.6 Å². The first-order chi connectivity index (χ1) is 14.9. The van der Waals surface area contributed by atoms with E-state index in [0.29, 0.717) is 6.04 Å². The third-order valence-corrected chi connectivity index (χ3v) is 7.53. The number of anilines is 1. The Morgan fingerprint density at radius 3 is 2.90 bits per heavy atom. The molecule has 1 aliphatic carbocycles. The van der Waals surface area contributed by atoms with Gasteiger partial charge in [0.1, 0.15) is 10.6 Å². The summed E-state index contributed by atoms with van der Waals surface area (Å²) < 4.78 is 2.19. The van der Waals surface area contributed by atoms with Crippen molar-refractivity contribution >= 4 is 27.4 Å². The minimum atomic E-state index is 0.429. The van der Waals surface area contributed by atoms with Gasteiger partial charge in [-0.25, -0.2) is 15.0 Å². The molecule has 6 nitrogen and oxygen atoms in total. The highest BCUT2D eigenvalue weighted by Crippen LogP contribution is 2.42. The van der Waals surface area contributed by atoms with Gasteiger partial charge in [-0.1, -0.05) is 0 Å². The Labute approximate surface area is 179 Å². The molecule has 6 rings (SSSR count). The summed E-state index contributed by atoms with van der Waals surface area (Å²) in [6, 6.07) is 4.44. The molecule has 1 atom stereocenters. The number of aromatic nitrogens is 5. The first-order valence-corrected chi connectivity index (χ1v) is 11.6. The maximum Gasteiger partial charge on any atom is 0.164 e. The molecule has 0 bridgehead atoms. The molecule has 1 unspecified atom stereocenters. The van der Waals surface area contributed by atoms with Crippen LogP contribution in [0, 0.1) is 0 Å². The van der Waals surface area contributed by atoms with Crippen molar-refractivity contribution in [1.82, 2.24) is 24.5 Å². The van der Waals surface area contributed by atoms with Crippen molar-refractivity contribution < 1.29 is 0 Å². The van der Waals surface area contributed by atoms with E-state index in [2.05, 4.69) is 31.7 Å². The van der Waals surface area contributed by atoms with Crippen LogP contribution in [0.1, 0.15) is 36.1 Å². The van der Waals surface area contributed by atoms with Crippen LogP contribution in [0.15, 0.2) is 43.2 Å². The Balaban J connectivity index is 1.51. The van der Waals surface area contributed by atoms with E-state index in [-0.39, 0.29) is 0 Å². The Morgan fingerprint density at radius 1 is 1.07 bits per heavy atom. The maximum absolute atomic E-state index is 5.17. The van der Waals surface area contributed by atoms with Crippen LogP contribution < -0.4 is 4.90 Å². The fourth-order valence-electron chi connectivity index (χ4n) is 4.91. The van der Waals surface area contributed by atoms with E-state index in [1.807, 2.05) is 36.1 Å². The van der Waals surface area contributed by atoms with Gasteiger partial charge >= 0.3 is 0 Å². The lowest BCUT2D eigenvalue weighted by Gasteiger charge is -2.27. The molecule has 5 heterocycles. The predicted molar refractivity (Wildman–Crippen MR) is 120 cm³/mol. The quantitative estimate of drug-likeness (QED) is 0.490. The summed E-state index contributed by atoms with van der Waals surface area (Å²) in [5.41, 5.74) is 2.49. The third-order valence-electron chi connectivity index (χ3n) is 6.35. The fraction of sp³-hybridized carbons (Fsp3) is 0.391. The van der Waals surface area contributed by atoms with Gasteiger partial charge in [-0.15, -0.1) is 11.3 Å². The van der Waals surface area contributed by atoms with Gasteiger partial charge in [0.25, 0.3) is 0 Å². The van der Waals surface area contributed by atoms with E-state index < -0.39 is 0 Å². The lowest BCUT2D eigenvalue weighted by molar-refractivity contribution is 0.548. The zero-order valence-electron chi connectivity index (χ0n) is 16.9. The van der Waals surface area contributed by atoms with Crippen molar-refractivity contribution in [2.45, 2.75) is 51.1 Å². The topological polar surface area (TPSA) is 59.7 Å². The lowest BCUT2D eigenvalue weighted by atomic mass is 9.96. The summed E-state index contributed by atoms with van der Waals surface area (Å²) in [6.45, 7) is 1.99. The fourth-order valence-corrected chi connectivity index (χ4v) is 6.17. The van der Waals surface area contributed by atoms with E-state index in [9.17, 15) is 0 Å². The van der Waals surface area contributed by atoms with Crippen molar-refractivity contribution in [1.29, 1.82) is 0 Å². The van der Waals surface area contributed by atoms with Gasteiger partial charge in [-0.2, -0.15) is 0 Å². The molecule has 1 aliphatic heterocycles. The van der Waals surface area contributed by atoms with E-state index in [4.69, 9.17) is 9.97 Å². The van der Waals surface area contributed by atoms with Crippen molar-refractivity contribution in [3.63, 3.8) is 0 Å². The monoisotopic (exact) mass is 416 g/mol. The molecule has 30 heavy (non-hydrogen) atoms. The second-order valence-corrected chi connectivity index (χ2v) is 9.34. The molecule has 1 fully saturated rings. The van der Waals surface area contributed by atoms with Gasteiger partial charge in [-0.05, 0) is 56.2 Å². The second-order valence-electron chi connectivity index (χ2n) is 8.25. The van der Waals surface area contributed by atoms with E-state index in [0.717, 1.165) is 41.5 Å². The number of imidazole rings is 1. The van der Waals surface area contributed by atoms with Crippen molar-refractivity contribution in [3.05, 3.63) is 53.7 Å². The summed E-state index contributed by atoms with van der Waals surface area (Å²) in [7, 11) is 0. The van der Waals surface area contributed by atoms with Crippen molar-refractivity contribution in [2.75, 3.05) is 11.4 Å².